The highest BCUT2D eigenvalue weighted by Gasteiger charge is 2.45. The smallest absolute Gasteiger partial charge is 0.410 e. The number of hydrogen-bond acceptors (Lipinski definition) is 5. The molecular formula is C21H29NO5. The maximum atomic E-state index is 12.6. The lowest BCUT2D eigenvalue weighted by Gasteiger charge is -2.37. The molecule has 1 aromatic carbocycles. The number of amides is 1. The van der Waals surface area contributed by atoms with Crippen LogP contribution in [-0.2, 0) is 25.6 Å². The number of carbonyl (C=O) groups is 2. The molecule has 2 bridgehead atoms. The van der Waals surface area contributed by atoms with E-state index in [0.717, 1.165) is 31.2 Å². The van der Waals surface area contributed by atoms with E-state index in [0.29, 0.717) is 12.8 Å². The van der Waals surface area contributed by atoms with Crippen LogP contribution in [0.4, 0.5) is 4.79 Å². The fourth-order valence-corrected chi connectivity index (χ4v) is 4.33. The molecule has 1 aromatic rings. The van der Waals surface area contributed by atoms with Crippen LogP contribution in [0.3, 0.4) is 0 Å². The summed E-state index contributed by atoms with van der Waals surface area (Å²) in [6.07, 6.45) is 3.81. The molecule has 2 fully saturated rings. The zero-order chi connectivity index (χ0) is 19.2. The van der Waals surface area contributed by atoms with Crippen molar-refractivity contribution >= 4 is 11.9 Å². The quantitative estimate of drug-likeness (QED) is 0.650. The lowest BCUT2D eigenvalue weighted by Crippen LogP contribution is -2.48. The number of nitrogens with zero attached hydrogens (tertiary/aromatic N) is 1. The van der Waals surface area contributed by atoms with Crippen molar-refractivity contribution in [2.75, 3.05) is 14.2 Å². The standard InChI is InChI=1S/C21H29NO5/c1-25-20(26-2)11-10-19(23)16-12-17-8-9-18(13-16)22(17)21(24)27-14-15-6-4-3-5-7-15/h3-7,16-18,20H,8-14H2,1-2H3. The maximum absolute atomic E-state index is 12.6. The van der Waals surface area contributed by atoms with Gasteiger partial charge in [0.15, 0.2) is 6.29 Å². The lowest BCUT2D eigenvalue weighted by molar-refractivity contribution is -0.132. The second-order valence-corrected chi connectivity index (χ2v) is 7.41. The molecular weight excluding hydrogens is 346 g/mol. The number of ketones is 1. The summed E-state index contributed by atoms with van der Waals surface area (Å²) < 4.78 is 15.8. The van der Waals surface area contributed by atoms with Crippen molar-refractivity contribution in [3.8, 4) is 0 Å². The summed E-state index contributed by atoms with van der Waals surface area (Å²) >= 11 is 0. The maximum Gasteiger partial charge on any atom is 0.410 e. The first kappa shape index (κ1) is 19.8. The second-order valence-electron chi connectivity index (χ2n) is 7.41. The topological polar surface area (TPSA) is 65.1 Å². The summed E-state index contributed by atoms with van der Waals surface area (Å²) in [4.78, 5) is 27.1. The van der Waals surface area contributed by atoms with Gasteiger partial charge in [0.1, 0.15) is 12.4 Å². The van der Waals surface area contributed by atoms with Gasteiger partial charge in [-0.1, -0.05) is 30.3 Å². The number of benzene rings is 1. The number of Topliss-reactive ketones (excluding diaryl/α,β-unsaturated/α-hetero) is 1. The van der Waals surface area contributed by atoms with Crippen LogP contribution in [0.1, 0.15) is 44.1 Å². The Bertz CT molecular complexity index is 617. The molecule has 0 aromatic heterocycles. The van der Waals surface area contributed by atoms with Crippen LogP contribution in [0.15, 0.2) is 30.3 Å². The Morgan fingerprint density at radius 2 is 1.70 bits per heavy atom. The van der Waals surface area contributed by atoms with Crippen LogP contribution < -0.4 is 0 Å². The van der Waals surface area contributed by atoms with E-state index in [4.69, 9.17) is 14.2 Å². The van der Waals surface area contributed by atoms with Crippen molar-refractivity contribution in [2.45, 2.75) is 63.5 Å². The molecule has 2 aliphatic heterocycles. The number of methoxy groups -OCH3 is 2. The SMILES string of the molecule is COC(CCC(=O)C1CC2CCC(C1)N2C(=O)OCc1ccccc1)OC. The molecule has 0 spiro atoms. The number of carbonyl (C=O) groups excluding carboxylic acids is 2. The van der Waals surface area contributed by atoms with Gasteiger partial charge in [-0.3, -0.25) is 4.79 Å². The fraction of sp³-hybridized carbons (Fsp3) is 0.619. The molecule has 2 aliphatic rings. The summed E-state index contributed by atoms with van der Waals surface area (Å²) in [5, 5.41) is 0. The molecule has 148 valence electrons. The molecule has 2 saturated heterocycles. The van der Waals surface area contributed by atoms with Gasteiger partial charge in [0.2, 0.25) is 0 Å². The first-order valence-electron chi connectivity index (χ1n) is 9.69. The van der Waals surface area contributed by atoms with Crippen molar-refractivity contribution in [3.05, 3.63) is 35.9 Å². The van der Waals surface area contributed by atoms with E-state index in [1.54, 1.807) is 14.2 Å². The first-order chi connectivity index (χ1) is 13.1. The molecule has 6 nitrogen and oxygen atoms in total. The van der Waals surface area contributed by atoms with Crippen molar-refractivity contribution in [2.24, 2.45) is 5.92 Å². The third kappa shape index (κ3) is 4.87. The van der Waals surface area contributed by atoms with Crippen LogP contribution >= 0.6 is 0 Å². The lowest BCUT2D eigenvalue weighted by atomic mass is 9.86. The summed E-state index contributed by atoms with van der Waals surface area (Å²) in [5.41, 5.74) is 0.981. The Balaban J connectivity index is 1.50. The van der Waals surface area contributed by atoms with Crippen molar-refractivity contribution in [3.63, 3.8) is 0 Å². The zero-order valence-corrected chi connectivity index (χ0v) is 16.1. The highest BCUT2D eigenvalue weighted by molar-refractivity contribution is 5.81. The van der Waals surface area contributed by atoms with Gasteiger partial charge in [-0.05, 0) is 31.2 Å². The van der Waals surface area contributed by atoms with Gasteiger partial charge < -0.3 is 19.1 Å². The van der Waals surface area contributed by atoms with Crippen LogP contribution in [0.2, 0.25) is 0 Å². The van der Waals surface area contributed by atoms with Gasteiger partial charge in [-0.15, -0.1) is 0 Å². The monoisotopic (exact) mass is 375 g/mol. The van der Waals surface area contributed by atoms with Gasteiger partial charge in [-0.2, -0.15) is 0 Å². The zero-order valence-electron chi connectivity index (χ0n) is 16.1. The first-order valence-corrected chi connectivity index (χ1v) is 9.69. The minimum atomic E-state index is -0.335. The third-order valence-electron chi connectivity index (χ3n) is 5.76. The Labute approximate surface area is 160 Å². The van der Waals surface area contributed by atoms with E-state index in [9.17, 15) is 9.59 Å². The molecule has 2 heterocycles. The minimum absolute atomic E-state index is 0.0232. The van der Waals surface area contributed by atoms with Crippen LogP contribution in [-0.4, -0.2) is 49.4 Å². The van der Waals surface area contributed by atoms with Crippen LogP contribution in [0, 0.1) is 5.92 Å². The number of rotatable bonds is 8. The highest BCUT2D eigenvalue weighted by Crippen LogP contribution is 2.40. The summed E-state index contributed by atoms with van der Waals surface area (Å²) in [5.74, 6) is 0.276. The molecule has 6 heteroatoms. The van der Waals surface area contributed by atoms with E-state index in [-0.39, 0.29) is 42.8 Å². The predicted octanol–water partition coefficient (Wildman–Crippen LogP) is 3.53. The van der Waals surface area contributed by atoms with E-state index in [1.807, 2.05) is 35.2 Å². The predicted molar refractivity (Wildman–Crippen MR) is 100 cm³/mol. The number of fused-ring (bicyclic) bond motifs is 2. The molecule has 0 aliphatic carbocycles. The summed E-state index contributed by atoms with van der Waals surface area (Å²) in [7, 11) is 3.16. The van der Waals surface area contributed by atoms with Crippen molar-refractivity contribution in [1.29, 1.82) is 0 Å². The molecule has 0 saturated carbocycles. The molecule has 3 rings (SSSR count). The van der Waals surface area contributed by atoms with E-state index in [1.165, 1.54) is 0 Å². The number of ether oxygens (including phenoxy) is 3. The fourth-order valence-electron chi connectivity index (χ4n) is 4.33. The van der Waals surface area contributed by atoms with Crippen molar-refractivity contribution in [1.82, 2.24) is 4.90 Å². The van der Waals surface area contributed by atoms with Crippen LogP contribution in [0.25, 0.3) is 0 Å². The van der Waals surface area contributed by atoms with Gasteiger partial charge in [-0.25, -0.2) is 4.79 Å². The Morgan fingerprint density at radius 1 is 1.07 bits per heavy atom. The molecule has 0 radical (unpaired) electrons. The van der Waals surface area contributed by atoms with Gasteiger partial charge in [0.05, 0.1) is 0 Å². The normalized spacial score (nSPS) is 24.3. The molecule has 0 N–H and O–H groups in total. The summed E-state index contributed by atoms with van der Waals surface area (Å²) in [6.45, 7) is 0.285. The van der Waals surface area contributed by atoms with E-state index < -0.39 is 0 Å². The van der Waals surface area contributed by atoms with Crippen LogP contribution in [0.5, 0.6) is 0 Å². The average Bonchev–Trinajstić information content (AvgIpc) is 2.97. The third-order valence-corrected chi connectivity index (χ3v) is 5.76. The Morgan fingerprint density at radius 3 is 2.30 bits per heavy atom. The molecule has 2 atom stereocenters. The Hall–Kier alpha value is -1.92. The number of hydrogen-bond donors (Lipinski definition) is 0. The number of piperidine rings is 1. The minimum Gasteiger partial charge on any atom is -0.445 e. The van der Waals surface area contributed by atoms with Gasteiger partial charge in [0, 0.05) is 45.1 Å². The van der Waals surface area contributed by atoms with Gasteiger partial charge in [0.25, 0.3) is 0 Å². The van der Waals surface area contributed by atoms with Crippen molar-refractivity contribution < 1.29 is 23.8 Å². The summed E-state index contributed by atoms with van der Waals surface area (Å²) in [6, 6.07) is 9.92. The average molecular weight is 375 g/mol. The molecule has 1 amide bonds. The second kappa shape index (κ2) is 9.33. The van der Waals surface area contributed by atoms with Gasteiger partial charge >= 0.3 is 6.09 Å². The molecule has 27 heavy (non-hydrogen) atoms. The highest BCUT2D eigenvalue weighted by atomic mass is 16.7. The van der Waals surface area contributed by atoms with E-state index in [2.05, 4.69) is 0 Å². The molecule has 2 unspecified atom stereocenters. The largest absolute Gasteiger partial charge is 0.445 e. The van der Waals surface area contributed by atoms with E-state index >= 15 is 0 Å². The Kier molecular flexibility index (Phi) is 6.85.